The summed E-state index contributed by atoms with van der Waals surface area (Å²) in [5.41, 5.74) is 2.41. The molecule has 1 rings (SSSR count). The monoisotopic (exact) mass is 222 g/mol. The van der Waals surface area contributed by atoms with E-state index in [1.54, 1.807) is 6.08 Å². The quantitative estimate of drug-likeness (QED) is 0.613. The van der Waals surface area contributed by atoms with Crippen molar-refractivity contribution in [2.75, 3.05) is 0 Å². The van der Waals surface area contributed by atoms with Gasteiger partial charge in [0.15, 0.2) is 0 Å². The maximum atomic E-state index is 3.62. The van der Waals surface area contributed by atoms with Gasteiger partial charge >= 0.3 is 0 Å². The van der Waals surface area contributed by atoms with Crippen molar-refractivity contribution in [3.05, 3.63) is 84.5 Å². The molecule has 0 heterocycles. The standard InChI is InChI=1S/C17H18/c1-3-5-7-9-11-17-14-12-16(13-15-17)10-8-6-4-2/h3-15H,1H2,2H3/b6-4+,7-5+,10-8+,11-9+. The molecule has 0 aliphatic heterocycles. The number of hydrogen-bond acceptors (Lipinski definition) is 0. The summed E-state index contributed by atoms with van der Waals surface area (Å²) in [7, 11) is 0. The maximum absolute atomic E-state index is 3.62. The van der Waals surface area contributed by atoms with Crippen LogP contribution in [0.3, 0.4) is 0 Å². The first kappa shape index (κ1) is 13.0. The molecule has 0 unspecified atom stereocenters. The van der Waals surface area contributed by atoms with Crippen LogP contribution in [0, 0.1) is 0 Å². The summed E-state index contributed by atoms with van der Waals surface area (Å²) >= 11 is 0. The van der Waals surface area contributed by atoms with Crippen molar-refractivity contribution in [3.63, 3.8) is 0 Å². The van der Waals surface area contributed by atoms with Gasteiger partial charge in [0.05, 0.1) is 0 Å². The highest BCUT2D eigenvalue weighted by Gasteiger charge is 1.86. The van der Waals surface area contributed by atoms with Gasteiger partial charge in [-0.25, -0.2) is 0 Å². The Kier molecular flexibility index (Phi) is 6.20. The van der Waals surface area contributed by atoms with Gasteiger partial charge in [-0.15, -0.1) is 0 Å². The lowest BCUT2D eigenvalue weighted by atomic mass is 10.1. The Hall–Kier alpha value is -2.08. The molecule has 0 bridgehead atoms. The molecule has 0 aromatic heterocycles. The molecule has 0 aliphatic carbocycles. The van der Waals surface area contributed by atoms with E-state index in [0.717, 1.165) is 0 Å². The van der Waals surface area contributed by atoms with Gasteiger partial charge in [0.1, 0.15) is 0 Å². The van der Waals surface area contributed by atoms with E-state index in [-0.39, 0.29) is 0 Å². The summed E-state index contributed by atoms with van der Waals surface area (Å²) in [5, 5.41) is 0. The minimum atomic E-state index is 1.20. The average molecular weight is 222 g/mol. The molecule has 0 spiro atoms. The SMILES string of the molecule is C=C/C=C/C=C/c1ccc(/C=C/C=C/C)cc1. The van der Waals surface area contributed by atoms with Crippen LogP contribution in [0.1, 0.15) is 18.1 Å². The molecular weight excluding hydrogens is 204 g/mol. The molecule has 0 saturated carbocycles. The highest BCUT2D eigenvalue weighted by atomic mass is 13.9. The molecule has 0 nitrogen and oxygen atoms in total. The number of rotatable bonds is 5. The van der Waals surface area contributed by atoms with E-state index in [2.05, 4.69) is 43.0 Å². The van der Waals surface area contributed by atoms with Gasteiger partial charge in [-0.1, -0.05) is 85.5 Å². The highest BCUT2D eigenvalue weighted by molar-refractivity contribution is 5.57. The molecule has 0 heteroatoms. The van der Waals surface area contributed by atoms with Gasteiger partial charge in [-0.3, -0.25) is 0 Å². The molecule has 0 saturated heterocycles. The van der Waals surface area contributed by atoms with Crippen LogP contribution in [0.4, 0.5) is 0 Å². The summed E-state index contributed by atoms with van der Waals surface area (Å²) in [6.45, 7) is 5.63. The van der Waals surface area contributed by atoms with Gasteiger partial charge in [-0.05, 0) is 18.1 Å². The van der Waals surface area contributed by atoms with Crippen molar-refractivity contribution in [2.24, 2.45) is 0 Å². The fourth-order valence-electron chi connectivity index (χ4n) is 1.31. The van der Waals surface area contributed by atoms with Crippen molar-refractivity contribution in [1.29, 1.82) is 0 Å². The normalized spacial score (nSPS) is 12.3. The third kappa shape index (κ3) is 5.53. The van der Waals surface area contributed by atoms with Crippen LogP contribution in [0.2, 0.25) is 0 Å². The van der Waals surface area contributed by atoms with Crippen LogP contribution in [-0.2, 0) is 0 Å². The van der Waals surface area contributed by atoms with E-state index in [9.17, 15) is 0 Å². The lowest BCUT2D eigenvalue weighted by Crippen LogP contribution is -1.73. The Balaban J connectivity index is 2.64. The molecule has 0 amide bonds. The van der Waals surface area contributed by atoms with Crippen molar-refractivity contribution in [3.8, 4) is 0 Å². The molecule has 17 heavy (non-hydrogen) atoms. The molecule has 0 atom stereocenters. The first-order chi connectivity index (χ1) is 8.36. The Labute approximate surface area is 104 Å². The second-order valence-corrected chi connectivity index (χ2v) is 3.53. The van der Waals surface area contributed by atoms with Crippen molar-refractivity contribution >= 4 is 12.2 Å². The predicted molar refractivity (Wildman–Crippen MR) is 78.7 cm³/mol. The van der Waals surface area contributed by atoms with Gasteiger partial charge in [-0.2, -0.15) is 0 Å². The summed E-state index contributed by atoms with van der Waals surface area (Å²) in [6.07, 6.45) is 17.9. The number of hydrogen-bond donors (Lipinski definition) is 0. The molecule has 1 aromatic carbocycles. The third-order valence-corrected chi connectivity index (χ3v) is 2.18. The van der Waals surface area contributed by atoms with Crippen LogP contribution in [0.15, 0.2) is 73.4 Å². The zero-order valence-corrected chi connectivity index (χ0v) is 10.2. The number of allylic oxidation sites excluding steroid dienone is 7. The van der Waals surface area contributed by atoms with E-state index >= 15 is 0 Å². The largest absolute Gasteiger partial charge is 0.0991 e. The second kappa shape index (κ2) is 8.12. The van der Waals surface area contributed by atoms with E-state index in [1.807, 2.05) is 43.4 Å². The van der Waals surface area contributed by atoms with Crippen LogP contribution in [0.25, 0.3) is 12.2 Å². The first-order valence-electron chi connectivity index (χ1n) is 5.72. The molecule has 0 aliphatic rings. The summed E-state index contributed by atoms with van der Waals surface area (Å²) in [5.74, 6) is 0. The zero-order chi connectivity index (χ0) is 12.3. The van der Waals surface area contributed by atoms with Crippen molar-refractivity contribution in [2.45, 2.75) is 6.92 Å². The van der Waals surface area contributed by atoms with Crippen LogP contribution < -0.4 is 0 Å². The zero-order valence-electron chi connectivity index (χ0n) is 10.2. The Bertz CT molecular complexity index is 439. The molecule has 0 radical (unpaired) electrons. The summed E-state index contributed by atoms with van der Waals surface area (Å²) < 4.78 is 0. The van der Waals surface area contributed by atoms with Crippen molar-refractivity contribution < 1.29 is 0 Å². The van der Waals surface area contributed by atoms with Crippen LogP contribution >= 0.6 is 0 Å². The molecule has 0 N–H and O–H groups in total. The Morgan fingerprint density at radius 3 is 1.76 bits per heavy atom. The minimum Gasteiger partial charge on any atom is -0.0991 e. The Morgan fingerprint density at radius 1 is 0.765 bits per heavy atom. The fraction of sp³-hybridized carbons (Fsp3) is 0.0588. The summed E-state index contributed by atoms with van der Waals surface area (Å²) in [6, 6.07) is 8.43. The van der Waals surface area contributed by atoms with E-state index in [0.29, 0.717) is 0 Å². The van der Waals surface area contributed by atoms with Gasteiger partial charge in [0.2, 0.25) is 0 Å². The fourth-order valence-corrected chi connectivity index (χ4v) is 1.31. The third-order valence-electron chi connectivity index (χ3n) is 2.18. The molecule has 1 aromatic rings. The van der Waals surface area contributed by atoms with Crippen LogP contribution in [0.5, 0.6) is 0 Å². The predicted octanol–water partition coefficient (Wildman–Crippen LogP) is 5.03. The van der Waals surface area contributed by atoms with Gasteiger partial charge < -0.3 is 0 Å². The number of benzene rings is 1. The van der Waals surface area contributed by atoms with E-state index in [4.69, 9.17) is 0 Å². The maximum Gasteiger partial charge on any atom is -0.0256 e. The molecule has 86 valence electrons. The minimum absolute atomic E-state index is 1.20. The molecular formula is C17H18. The van der Waals surface area contributed by atoms with Crippen molar-refractivity contribution in [1.82, 2.24) is 0 Å². The lowest BCUT2D eigenvalue weighted by molar-refractivity contribution is 1.62. The Morgan fingerprint density at radius 2 is 1.29 bits per heavy atom. The topological polar surface area (TPSA) is 0 Å². The molecule has 0 fully saturated rings. The van der Waals surface area contributed by atoms with E-state index < -0.39 is 0 Å². The van der Waals surface area contributed by atoms with E-state index in [1.165, 1.54) is 11.1 Å². The average Bonchev–Trinajstić information content (AvgIpc) is 2.37. The van der Waals surface area contributed by atoms with Gasteiger partial charge in [0, 0.05) is 0 Å². The second-order valence-electron chi connectivity index (χ2n) is 3.53. The lowest BCUT2D eigenvalue weighted by Gasteiger charge is -1.94. The first-order valence-corrected chi connectivity index (χ1v) is 5.72. The highest BCUT2D eigenvalue weighted by Crippen LogP contribution is 2.08. The summed E-state index contributed by atoms with van der Waals surface area (Å²) in [4.78, 5) is 0. The van der Waals surface area contributed by atoms with Gasteiger partial charge in [0.25, 0.3) is 0 Å². The smallest absolute Gasteiger partial charge is 0.0256 e. The van der Waals surface area contributed by atoms with Crippen LogP contribution in [-0.4, -0.2) is 0 Å².